The summed E-state index contributed by atoms with van der Waals surface area (Å²) in [6.07, 6.45) is 8.29. The molecule has 8 nitrogen and oxygen atoms in total. The van der Waals surface area contributed by atoms with Gasteiger partial charge in [0.25, 0.3) is 0 Å². The first-order chi connectivity index (χ1) is 15.1. The van der Waals surface area contributed by atoms with Gasteiger partial charge in [-0.2, -0.15) is 0 Å². The van der Waals surface area contributed by atoms with Gasteiger partial charge in [-0.15, -0.1) is 0 Å². The number of aliphatic carboxylic acids is 1. The molecule has 0 spiro atoms. The highest BCUT2D eigenvalue weighted by Crippen LogP contribution is 2.62. The lowest BCUT2D eigenvalue weighted by Crippen LogP contribution is -2.61. The van der Waals surface area contributed by atoms with E-state index in [9.17, 15) is 13.2 Å². The van der Waals surface area contributed by atoms with Crippen molar-refractivity contribution in [1.82, 2.24) is 4.72 Å². The minimum atomic E-state index is -3.71. The van der Waals surface area contributed by atoms with Crippen molar-refractivity contribution >= 4 is 44.3 Å². The smallest absolute Gasteiger partial charge is 0.303 e. The molecule has 1 aromatic carbocycles. The van der Waals surface area contributed by atoms with Gasteiger partial charge in [0.1, 0.15) is 0 Å². The number of halogens is 1. The van der Waals surface area contributed by atoms with E-state index in [0.29, 0.717) is 33.9 Å². The van der Waals surface area contributed by atoms with E-state index in [2.05, 4.69) is 34.7 Å². The van der Waals surface area contributed by atoms with Gasteiger partial charge < -0.3 is 5.11 Å². The van der Waals surface area contributed by atoms with E-state index in [1.807, 2.05) is 28.7 Å². The molecule has 0 amide bonds. The summed E-state index contributed by atoms with van der Waals surface area (Å²) in [5.74, 6) is 0.361. The molecule has 10 heteroatoms. The van der Waals surface area contributed by atoms with Gasteiger partial charge in [0.05, 0.1) is 10.6 Å². The van der Waals surface area contributed by atoms with E-state index in [0.717, 1.165) is 19.3 Å². The summed E-state index contributed by atoms with van der Waals surface area (Å²) >= 11 is 1.97. The van der Waals surface area contributed by atoms with Crippen LogP contribution in [0.3, 0.4) is 0 Å². The molecule has 0 saturated heterocycles. The number of azide groups is 1. The monoisotopic (exact) mass is 572 g/mol. The molecule has 0 aromatic heterocycles. The molecule has 0 aliphatic heterocycles. The van der Waals surface area contributed by atoms with Crippen LogP contribution in [0, 0.1) is 26.7 Å². The first-order valence-corrected chi connectivity index (χ1v) is 13.4. The lowest BCUT2D eigenvalue weighted by atomic mass is 9.44. The molecule has 3 fully saturated rings. The number of fused-ring (bicyclic) bond motifs is 2. The highest BCUT2D eigenvalue weighted by Gasteiger charge is 2.57. The number of hydrogen-bond donors (Lipinski definition) is 2. The number of hydrogen-bond acceptors (Lipinski definition) is 4. The molecular weight excluding hydrogens is 543 g/mol. The van der Waals surface area contributed by atoms with Crippen LogP contribution in [-0.4, -0.2) is 25.5 Å². The Morgan fingerprint density at radius 3 is 2.75 bits per heavy atom. The Labute approximate surface area is 202 Å². The number of benzene rings is 1. The van der Waals surface area contributed by atoms with Gasteiger partial charge in [0.2, 0.25) is 10.0 Å². The van der Waals surface area contributed by atoms with Gasteiger partial charge >= 0.3 is 5.97 Å². The van der Waals surface area contributed by atoms with E-state index >= 15 is 0 Å². The third-order valence-corrected chi connectivity index (χ3v) is 9.49. The molecule has 174 valence electrons. The fraction of sp³-hybridized carbons (Fsp3) is 0.591. The van der Waals surface area contributed by atoms with E-state index in [1.165, 1.54) is 18.2 Å². The zero-order valence-electron chi connectivity index (χ0n) is 18.2. The fourth-order valence-corrected chi connectivity index (χ4v) is 7.36. The molecule has 0 radical (unpaired) electrons. The number of nitrogens with one attached hydrogen (secondary N) is 1. The third kappa shape index (κ3) is 5.47. The predicted octanol–water partition coefficient (Wildman–Crippen LogP) is 5.76. The van der Waals surface area contributed by atoms with Crippen molar-refractivity contribution in [3.8, 4) is 0 Å². The van der Waals surface area contributed by atoms with Crippen LogP contribution in [0.4, 0.5) is 5.69 Å². The summed E-state index contributed by atoms with van der Waals surface area (Å²) in [4.78, 5) is 13.6. The first-order valence-electron chi connectivity index (χ1n) is 10.8. The minimum Gasteiger partial charge on any atom is -0.481 e. The van der Waals surface area contributed by atoms with Gasteiger partial charge in [0, 0.05) is 20.9 Å². The number of nitrogens with zero attached hydrogens (tertiary/aromatic N) is 3. The van der Waals surface area contributed by atoms with Crippen molar-refractivity contribution < 1.29 is 18.3 Å². The second kappa shape index (κ2) is 10.1. The molecule has 1 aromatic rings. The Kier molecular flexibility index (Phi) is 7.90. The van der Waals surface area contributed by atoms with Crippen LogP contribution in [0.1, 0.15) is 52.4 Å². The molecule has 4 unspecified atom stereocenters. The van der Waals surface area contributed by atoms with Crippen molar-refractivity contribution in [3.05, 3.63) is 44.4 Å². The molecular formula is C22H29IN4O4S. The number of unbranched alkanes of at least 4 members (excludes halogenated alkanes) is 1. The van der Waals surface area contributed by atoms with E-state index < -0.39 is 16.0 Å². The van der Waals surface area contributed by atoms with Crippen LogP contribution in [-0.2, 0) is 14.8 Å². The van der Waals surface area contributed by atoms with Crippen LogP contribution < -0.4 is 4.72 Å². The summed E-state index contributed by atoms with van der Waals surface area (Å²) in [5.41, 5.74) is 9.23. The third-order valence-electron chi connectivity index (χ3n) is 7.14. The molecule has 3 aliphatic carbocycles. The Hall–Kier alpha value is -1.62. The van der Waals surface area contributed by atoms with Gasteiger partial charge in [-0.3, -0.25) is 4.79 Å². The standard InChI is InChI=1S/C22H29IN4O4S/c1-22(2)14-11-17(22)16(7-5-3-4-6-8-21(28)29)20(12-14)26-32(30,31)15-9-10-19(25-27-24)18(23)13-15/h3,5,9-10,13-14,16-17,20,26H,4,6-8,11-12H2,1-2H3,(H,28,29)/b5-3+. The normalized spacial score (nSPS) is 26.3. The van der Waals surface area contributed by atoms with Crippen LogP contribution >= 0.6 is 22.6 Å². The van der Waals surface area contributed by atoms with Crippen molar-refractivity contribution in [2.45, 2.75) is 63.3 Å². The summed E-state index contributed by atoms with van der Waals surface area (Å²) in [5, 5.41) is 12.3. The maximum Gasteiger partial charge on any atom is 0.303 e. The topological polar surface area (TPSA) is 132 Å². The largest absolute Gasteiger partial charge is 0.481 e. The molecule has 4 atom stereocenters. The lowest BCUT2D eigenvalue weighted by Gasteiger charge is -2.62. The summed E-state index contributed by atoms with van der Waals surface area (Å²) in [6, 6.07) is 4.38. The van der Waals surface area contributed by atoms with E-state index in [4.69, 9.17) is 10.6 Å². The van der Waals surface area contributed by atoms with E-state index in [1.54, 1.807) is 0 Å². The Balaban J connectivity index is 1.73. The number of carbonyl (C=O) groups is 1. The second-order valence-electron chi connectivity index (χ2n) is 9.28. The minimum absolute atomic E-state index is 0.144. The number of allylic oxidation sites excluding steroid dienone is 2. The van der Waals surface area contributed by atoms with Crippen LogP contribution in [0.2, 0.25) is 0 Å². The molecule has 3 aliphatic rings. The summed E-state index contributed by atoms with van der Waals surface area (Å²) in [6.45, 7) is 4.55. The Morgan fingerprint density at radius 2 is 2.12 bits per heavy atom. The van der Waals surface area contributed by atoms with Crippen LogP contribution in [0.25, 0.3) is 10.4 Å². The van der Waals surface area contributed by atoms with Gasteiger partial charge in [0.15, 0.2) is 0 Å². The fourth-order valence-electron chi connectivity index (χ4n) is 5.20. The van der Waals surface area contributed by atoms with Gasteiger partial charge in [-0.05, 0) is 95.5 Å². The number of rotatable bonds is 10. The van der Waals surface area contributed by atoms with Crippen molar-refractivity contribution in [1.29, 1.82) is 0 Å². The van der Waals surface area contributed by atoms with Crippen molar-refractivity contribution in [2.24, 2.45) is 28.3 Å². The number of sulfonamides is 1. The Bertz CT molecular complexity index is 1050. The quantitative estimate of drug-likeness (QED) is 0.0921. The van der Waals surface area contributed by atoms with E-state index in [-0.39, 0.29) is 28.7 Å². The summed E-state index contributed by atoms with van der Waals surface area (Å²) in [7, 11) is -3.71. The average molecular weight is 572 g/mol. The number of carboxylic acids is 1. The van der Waals surface area contributed by atoms with Crippen LogP contribution in [0.15, 0.2) is 40.4 Å². The molecule has 2 N–H and O–H groups in total. The molecule has 2 bridgehead atoms. The van der Waals surface area contributed by atoms with Gasteiger partial charge in [-0.1, -0.05) is 37.2 Å². The predicted molar refractivity (Wildman–Crippen MR) is 131 cm³/mol. The van der Waals surface area contributed by atoms with Crippen molar-refractivity contribution in [2.75, 3.05) is 0 Å². The highest BCUT2D eigenvalue weighted by molar-refractivity contribution is 14.1. The SMILES string of the molecule is CC1(C)C2CC(NS(=O)(=O)c3ccc(N=[N+]=[N-])c(I)c3)C(C/C=C/CCCC(=O)O)C1C2. The van der Waals surface area contributed by atoms with Crippen molar-refractivity contribution in [3.63, 3.8) is 0 Å². The zero-order valence-corrected chi connectivity index (χ0v) is 21.2. The Morgan fingerprint density at radius 1 is 1.38 bits per heavy atom. The highest BCUT2D eigenvalue weighted by atomic mass is 127. The number of carboxylic acid groups (broad SMARTS) is 1. The molecule has 4 rings (SSSR count). The first kappa shape index (κ1) is 25.0. The maximum absolute atomic E-state index is 13.1. The maximum atomic E-state index is 13.1. The molecule has 32 heavy (non-hydrogen) atoms. The van der Waals surface area contributed by atoms with Crippen LogP contribution in [0.5, 0.6) is 0 Å². The lowest BCUT2D eigenvalue weighted by molar-refractivity contribution is -0.137. The summed E-state index contributed by atoms with van der Waals surface area (Å²) < 4.78 is 29.8. The second-order valence-corrected chi connectivity index (χ2v) is 12.2. The average Bonchev–Trinajstić information content (AvgIpc) is 2.72. The zero-order chi connectivity index (χ0) is 23.5. The molecule has 3 saturated carbocycles. The molecule has 0 heterocycles. The van der Waals surface area contributed by atoms with Gasteiger partial charge in [-0.25, -0.2) is 13.1 Å².